The minimum absolute atomic E-state index is 0.283. The number of amides is 3. The lowest BCUT2D eigenvalue weighted by atomic mass is 10.0. The minimum Gasteiger partial charge on any atom is -0.444 e. The molecule has 0 saturated heterocycles. The molecule has 1 atom stereocenters. The molecule has 0 spiro atoms. The van der Waals surface area contributed by atoms with Crippen molar-refractivity contribution in [3.05, 3.63) is 71.3 Å². The molecule has 3 amide bonds. The van der Waals surface area contributed by atoms with Crippen LogP contribution in [0.5, 0.6) is 0 Å². The molecule has 32 heavy (non-hydrogen) atoms. The van der Waals surface area contributed by atoms with Gasteiger partial charge in [-0.15, -0.1) is 0 Å². The van der Waals surface area contributed by atoms with E-state index < -0.39 is 36.1 Å². The van der Waals surface area contributed by atoms with Crippen molar-refractivity contribution < 1.29 is 19.1 Å². The first-order chi connectivity index (χ1) is 15.1. The van der Waals surface area contributed by atoms with E-state index in [1.807, 2.05) is 49.4 Å². The molecule has 168 valence electrons. The number of carbonyl (C=O) groups is 3. The molecule has 1 unspecified atom stereocenters. The van der Waals surface area contributed by atoms with Crippen molar-refractivity contribution in [3.63, 3.8) is 0 Å². The van der Waals surface area contributed by atoms with E-state index in [4.69, 9.17) is 11.2 Å². The van der Waals surface area contributed by atoms with Gasteiger partial charge >= 0.3 is 6.09 Å². The summed E-state index contributed by atoms with van der Waals surface area (Å²) in [7, 11) is 0. The van der Waals surface area contributed by atoms with Gasteiger partial charge in [-0.05, 0) is 38.8 Å². The van der Waals surface area contributed by atoms with Gasteiger partial charge in [-0.25, -0.2) is 4.79 Å². The smallest absolute Gasteiger partial charge is 0.408 e. The molecule has 0 aliphatic rings. The largest absolute Gasteiger partial charge is 0.444 e. The van der Waals surface area contributed by atoms with Gasteiger partial charge < -0.3 is 15.4 Å². The lowest BCUT2D eigenvalue weighted by Gasteiger charge is -2.27. The van der Waals surface area contributed by atoms with Crippen LogP contribution >= 0.6 is 0 Å². The highest BCUT2D eigenvalue weighted by molar-refractivity contribution is 5.91. The molecule has 0 aliphatic heterocycles. The van der Waals surface area contributed by atoms with Crippen LogP contribution in [0.15, 0.2) is 54.6 Å². The molecule has 2 rings (SSSR count). The van der Waals surface area contributed by atoms with E-state index in [-0.39, 0.29) is 6.54 Å². The van der Waals surface area contributed by atoms with Gasteiger partial charge in [0.25, 0.3) is 5.91 Å². The summed E-state index contributed by atoms with van der Waals surface area (Å²) >= 11 is 0. The van der Waals surface area contributed by atoms with Crippen molar-refractivity contribution in [3.8, 4) is 12.5 Å². The van der Waals surface area contributed by atoms with E-state index in [1.165, 1.54) is 0 Å². The highest BCUT2D eigenvalue weighted by atomic mass is 16.6. The molecule has 0 saturated carbocycles. The highest BCUT2D eigenvalue weighted by Gasteiger charge is 2.31. The van der Waals surface area contributed by atoms with Crippen LogP contribution in [-0.4, -0.2) is 35.0 Å². The van der Waals surface area contributed by atoms with Crippen molar-refractivity contribution in [2.75, 3.05) is 6.54 Å². The number of rotatable bonds is 7. The number of aryl methyl sites for hydroxylation is 1. The van der Waals surface area contributed by atoms with E-state index in [1.54, 1.807) is 32.9 Å². The van der Waals surface area contributed by atoms with Gasteiger partial charge in [0.15, 0.2) is 0 Å². The number of benzene rings is 2. The second-order valence-electron chi connectivity index (χ2n) is 8.26. The third-order valence-electron chi connectivity index (χ3n) is 4.40. The average Bonchev–Trinajstić information content (AvgIpc) is 2.74. The topological polar surface area (TPSA) is 87.7 Å². The van der Waals surface area contributed by atoms with Crippen LogP contribution < -0.4 is 10.6 Å². The number of ether oxygens (including phenoxy) is 1. The minimum atomic E-state index is -1.06. The van der Waals surface area contributed by atoms with Gasteiger partial charge in [-0.2, -0.15) is 0 Å². The number of hydrogen-bond donors (Lipinski definition) is 2. The fraction of sp³-hybridized carbons (Fsp3) is 0.320. The van der Waals surface area contributed by atoms with Crippen LogP contribution in [0.2, 0.25) is 0 Å². The molecule has 2 N–H and O–H groups in total. The lowest BCUT2D eigenvalue weighted by Crippen LogP contribution is -2.45. The summed E-state index contributed by atoms with van der Waals surface area (Å²) in [5.74, 6) is -1.04. The predicted octanol–water partition coefficient (Wildman–Crippen LogP) is 3.30. The maximum atomic E-state index is 13.1. The molecule has 2 aromatic rings. The summed E-state index contributed by atoms with van der Waals surface area (Å²) in [6, 6.07) is 17.8. The molecule has 7 nitrogen and oxygen atoms in total. The van der Waals surface area contributed by atoms with E-state index >= 15 is 0 Å². The Labute approximate surface area is 189 Å². The van der Waals surface area contributed by atoms with Crippen LogP contribution in [0.25, 0.3) is 0 Å². The fourth-order valence-electron chi connectivity index (χ4n) is 2.89. The summed E-state index contributed by atoms with van der Waals surface area (Å²) in [5, 5.41) is 5.22. The number of terminal acetylenes is 1. The molecule has 0 bridgehead atoms. The molecule has 0 fully saturated rings. The van der Waals surface area contributed by atoms with Crippen molar-refractivity contribution in [2.24, 2.45) is 0 Å². The molecule has 0 radical (unpaired) electrons. The number of hydrogen-bond acceptors (Lipinski definition) is 4. The van der Waals surface area contributed by atoms with Gasteiger partial charge in [0, 0.05) is 12.6 Å². The van der Waals surface area contributed by atoms with Crippen LogP contribution in [0, 0.1) is 19.4 Å². The Morgan fingerprint density at radius 2 is 1.66 bits per heavy atom. The van der Waals surface area contributed by atoms with Crippen LogP contribution in [0.1, 0.15) is 43.5 Å². The van der Waals surface area contributed by atoms with E-state index in [9.17, 15) is 14.4 Å². The van der Waals surface area contributed by atoms with Gasteiger partial charge in [-0.1, -0.05) is 66.6 Å². The molecule has 7 heteroatoms. The number of nitrogens with one attached hydrogen (secondary N) is 2. The summed E-state index contributed by atoms with van der Waals surface area (Å²) in [5.41, 5.74) is 1.77. The third kappa shape index (κ3) is 7.47. The van der Waals surface area contributed by atoms with Gasteiger partial charge in [0.05, 0.1) is 0 Å². The van der Waals surface area contributed by atoms with Crippen molar-refractivity contribution in [1.82, 2.24) is 15.5 Å². The van der Waals surface area contributed by atoms with Crippen LogP contribution in [0.4, 0.5) is 4.79 Å². The fourth-order valence-corrected chi connectivity index (χ4v) is 2.89. The molecule has 2 aromatic carbocycles. The molecular weight excluding hydrogens is 406 g/mol. The number of carbonyl (C=O) groups excluding carboxylic acids is 3. The van der Waals surface area contributed by atoms with Gasteiger partial charge in [-0.3, -0.25) is 14.5 Å². The molecule has 0 heterocycles. The Morgan fingerprint density at radius 3 is 2.22 bits per heavy atom. The summed E-state index contributed by atoms with van der Waals surface area (Å²) < 4.78 is 5.14. The van der Waals surface area contributed by atoms with Crippen molar-refractivity contribution >= 4 is 17.9 Å². The monoisotopic (exact) mass is 435 g/mol. The van der Waals surface area contributed by atoms with Gasteiger partial charge in [0.2, 0.25) is 5.91 Å². The maximum Gasteiger partial charge on any atom is 0.408 e. The van der Waals surface area contributed by atoms with Gasteiger partial charge in [0.1, 0.15) is 18.2 Å². The van der Waals surface area contributed by atoms with Crippen LogP contribution in [0.3, 0.4) is 0 Å². The Hall–Kier alpha value is -3.79. The normalized spacial score (nSPS) is 11.6. The Kier molecular flexibility index (Phi) is 8.42. The highest BCUT2D eigenvalue weighted by Crippen LogP contribution is 2.22. The standard InChI is InChI=1S/C25H29N3O4/c1-6-28(21(29)17-27-24(31)32-25(3,4)5)22(20-14-12-18(2)13-15-20)23(30)26-16-19-10-8-7-9-11-19/h1,7-15,22H,16-17H2,2-5H3,(H,26,30)(H,27,31). The second kappa shape index (κ2) is 11.0. The summed E-state index contributed by atoms with van der Waals surface area (Å²) in [6.45, 7) is 6.94. The number of nitrogens with zero attached hydrogens (tertiary/aromatic N) is 1. The zero-order valence-corrected chi connectivity index (χ0v) is 18.8. The van der Waals surface area contributed by atoms with Crippen molar-refractivity contribution in [1.29, 1.82) is 0 Å². The second-order valence-corrected chi connectivity index (χ2v) is 8.26. The zero-order valence-electron chi connectivity index (χ0n) is 18.8. The maximum absolute atomic E-state index is 13.1. The van der Waals surface area contributed by atoms with E-state index in [2.05, 4.69) is 16.7 Å². The van der Waals surface area contributed by atoms with Crippen molar-refractivity contribution in [2.45, 2.75) is 45.9 Å². The first kappa shape index (κ1) is 24.5. The van der Waals surface area contributed by atoms with E-state index in [0.717, 1.165) is 16.0 Å². The summed E-state index contributed by atoms with van der Waals surface area (Å²) in [6.07, 6.45) is 4.88. The first-order valence-electron chi connectivity index (χ1n) is 10.2. The summed E-state index contributed by atoms with van der Waals surface area (Å²) in [4.78, 5) is 38.9. The first-order valence-corrected chi connectivity index (χ1v) is 10.2. The molecular formula is C25H29N3O4. The average molecular weight is 436 g/mol. The predicted molar refractivity (Wildman–Crippen MR) is 122 cm³/mol. The molecule has 0 aromatic heterocycles. The van der Waals surface area contributed by atoms with Crippen LogP contribution in [-0.2, 0) is 20.9 Å². The quantitative estimate of drug-likeness (QED) is 0.516. The van der Waals surface area contributed by atoms with E-state index in [0.29, 0.717) is 5.56 Å². The third-order valence-corrected chi connectivity index (χ3v) is 4.40. The Morgan fingerprint density at radius 1 is 1.03 bits per heavy atom. The number of alkyl carbamates (subject to hydrolysis) is 1. The Balaban J connectivity index is 2.19. The molecule has 0 aliphatic carbocycles. The zero-order chi connectivity index (χ0) is 23.7. The Bertz CT molecular complexity index is 973. The lowest BCUT2D eigenvalue weighted by molar-refractivity contribution is -0.136. The SMILES string of the molecule is C#CN(C(=O)CNC(=O)OC(C)(C)C)C(C(=O)NCc1ccccc1)c1ccc(C)cc1.